The maximum Gasteiger partial charge on any atom is 0.251 e. The summed E-state index contributed by atoms with van der Waals surface area (Å²) in [5, 5.41) is 10.9. The van der Waals surface area contributed by atoms with Gasteiger partial charge in [-0.25, -0.2) is 12.7 Å². The molecule has 0 aliphatic carbocycles. The van der Waals surface area contributed by atoms with Crippen LogP contribution in [0.15, 0.2) is 65.6 Å². The molecule has 8 nitrogen and oxygen atoms in total. The molecule has 0 aliphatic heterocycles. The summed E-state index contributed by atoms with van der Waals surface area (Å²) in [6.07, 6.45) is 0. The second-order valence-corrected chi connectivity index (χ2v) is 9.19. The van der Waals surface area contributed by atoms with Crippen LogP contribution in [-0.2, 0) is 10.0 Å². The van der Waals surface area contributed by atoms with Crippen LogP contribution in [0.4, 0.5) is 0 Å². The van der Waals surface area contributed by atoms with E-state index >= 15 is 0 Å². The van der Waals surface area contributed by atoms with Crippen molar-refractivity contribution in [3.05, 3.63) is 71.8 Å². The molecule has 1 N–H and O–H groups in total. The van der Waals surface area contributed by atoms with Crippen molar-refractivity contribution in [3.8, 4) is 17.1 Å². The first-order valence-corrected chi connectivity index (χ1v) is 11.1. The molecule has 1 amide bonds. The number of aryl methyl sites for hydroxylation is 1. The van der Waals surface area contributed by atoms with Crippen LogP contribution in [0.3, 0.4) is 0 Å². The Bertz CT molecular complexity index is 1130. The molecule has 0 radical (unpaired) electrons. The van der Waals surface area contributed by atoms with Gasteiger partial charge in [-0.2, -0.15) is 0 Å². The smallest absolute Gasteiger partial charge is 0.251 e. The summed E-state index contributed by atoms with van der Waals surface area (Å²) in [6, 6.07) is 17.3. The van der Waals surface area contributed by atoms with Crippen molar-refractivity contribution in [2.75, 3.05) is 27.2 Å². The zero-order chi connectivity index (χ0) is 22.4. The first kappa shape index (κ1) is 22.4. The minimum atomic E-state index is -3.53. The summed E-state index contributed by atoms with van der Waals surface area (Å²) < 4.78 is 30.8. The average molecular weight is 441 g/mol. The lowest BCUT2D eigenvalue weighted by Crippen LogP contribution is -2.28. The Morgan fingerprint density at radius 2 is 1.65 bits per heavy atom. The number of benzene rings is 2. The Hall–Kier alpha value is -3.30. The molecule has 0 unspecified atom stereocenters. The van der Waals surface area contributed by atoms with Gasteiger partial charge in [-0.15, -0.1) is 10.2 Å². The molecule has 0 fully saturated rings. The van der Waals surface area contributed by atoms with Crippen molar-refractivity contribution in [2.24, 2.45) is 0 Å². The highest BCUT2D eigenvalue weighted by Crippen LogP contribution is 2.18. The van der Waals surface area contributed by atoms with Crippen LogP contribution in [0.1, 0.15) is 15.9 Å². The number of carbonyl (C=O) groups excluding carboxylic acids is 1. The zero-order valence-corrected chi connectivity index (χ0v) is 18.4. The third-order valence-corrected chi connectivity index (χ3v) is 6.35. The minimum absolute atomic E-state index is 0.130. The van der Waals surface area contributed by atoms with Gasteiger partial charge in [-0.1, -0.05) is 29.8 Å². The van der Waals surface area contributed by atoms with Crippen LogP contribution < -0.4 is 10.1 Å². The summed E-state index contributed by atoms with van der Waals surface area (Å²) in [6.45, 7) is 2.51. The molecule has 3 aromatic rings. The van der Waals surface area contributed by atoms with E-state index in [0.717, 1.165) is 15.6 Å². The average Bonchev–Trinajstić information content (AvgIpc) is 2.77. The predicted octanol–water partition coefficient (Wildman–Crippen LogP) is 2.51. The van der Waals surface area contributed by atoms with E-state index in [1.807, 2.05) is 37.3 Å². The normalized spacial score (nSPS) is 11.4. The molecule has 162 valence electrons. The topological polar surface area (TPSA) is 101 Å². The number of hydrogen-bond donors (Lipinski definition) is 1. The molecule has 31 heavy (non-hydrogen) atoms. The Morgan fingerprint density at radius 3 is 2.23 bits per heavy atom. The number of ether oxygens (including phenoxy) is 1. The maximum absolute atomic E-state index is 12.2. The van der Waals surface area contributed by atoms with Gasteiger partial charge < -0.3 is 10.1 Å². The second-order valence-electron chi connectivity index (χ2n) is 7.04. The summed E-state index contributed by atoms with van der Waals surface area (Å²) in [5.74, 6) is 0.0431. The summed E-state index contributed by atoms with van der Waals surface area (Å²) >= 11 is 0. The lowest BCUT2D eigenvalue weighted by atomic mass is 10.1. The van der Waals surface area contributed by atoms with E-state index < -0.39 is 10.0 Å². The SMILES string of the molecule is Cc1ccc(-c2ccc(OCCNC(=O)c3ccc(S(=O)(=O)N(C)C)cc3)nn2)cc1. The molecular formula is C22H24N4O4S. The standard InChI is InChI=1S/C22H24N4O4S/c1-16-4-6-17(7-5-16)20-12-13-21(25-24-20)30-15-14-23-22(27)18-8-10-19(11-9-18)31(28,29)26(2)3/h4-13H,14-15H2,1-3H3,(H,23,27). The number of sulfonamides is 1. The van der Waals surface area contributed by atoms with Crippen molar-refractivity contribution >= 4 is 15.9 Å². The van der Waals surface area contributed by atoms with E-state index in [1.54, 1.807) is 6.07 Å². The largest absolute Gasteiger partial charge is 0.475 e. The lowest BCUT2D eigenvalue weighted by Gasteiger charge is -2.11. The Kier molecular flexibility index (Phi) is 6.98. The van der Waals surface area contributed by atoms with Crippen LogP contribution in [0.2, 0.25) is 0 Å². The first-order valence-electron chi connectivity index (χ1n) is 9.62. The van der Waals surface area contributed by atoms with Crippen molar-refractivity contribution in [3.63, 3.8) is 0 Å². The second kappa shape index (κ2) is 9.67. The van der Waals surface area contributed by atoms with Crippen molar-refractivity contribution in [1.29, 1.82) is 0 Å². The molecule has 9 heteroatoms. The Labute approximate surface area is 181 Å². The Morgan fingerprint density at radius 1 is 0.968 bits per heavy atom. The molecule has 2 aromatic carbocycles. The highest BCUT2D eigenvalue weighted by atomic mass is 32.2. The van der Waals surface area contributed by atoms with Gasteiger partial charge in [0.15, 0.2) is 0 Å². The molecule has 1 aromatic heterocycles. The van der Waals surface area contributed by atoms with Gasteiger partial charge in [-0.3, -0.25) is 4.79 Å². The fourth-order valence-corrected chi connectivity index (χ4v) is 3.59. The van der Waals surface area contributed by atoms with Crippen LogP contribution in [0.25, 0.3) is 11.3 Å². The molecular weight excluding hydrogens is 416 g/mol. The first-order chi connectivity index (χ1) is 14.8. The third-order valence-electron chi connectivity index (χ3n) is 4.52. The fraction of sp³-hybridized carbons (Fsp3) is 0.227. The van der Waals surface area contributed by atoms with Gasteiger partial charge in [-0.05, 0) is 37.3 Å². The fourth-order valence-electron chi connectivity index (χ4n) is 2.69. The zero-order valence-electron chi connectivity index (χ0n) is 17.6. The predicted molar refractivity (Wildman–Crippen MR) is 117 cm³/mol. The van der Waals surface area contributed by atoms with E-state index in [1.165, 1.54) is 43.9 Å². The van der Waals surface area contributed by atoms with E-state index in [-0.39, 0.29) is 24.0 Å². The van der Waals surface area contributed by atoms with E-state index in [9.17, 15) is 13.2 Å². The number of carbonyl (C=O) groups is 1. The molecule has 0 aliphatic rings. The number of hydrogen-bond acceptors (Lipinski definition) is 6. The number of aromatic nitrogens is 2. The number of nitrogens with one attached hydrogen (secondary N) is 1. The quantitative estimate of drug-likeness (QED) is 0.540. The van der Waals surface area contributed by atoms with Gasteiger partial charge in [0.05, 0.1) is 17.1 Å². The lowest BCUT2D eigenvalue weighted by molar-refractivity contribution is 0.0946. The van der Waals surface area contributed by atoms with Crippen LogP contribution in [0, 0.1) is 6.92 Å². The molecule has 1 heterocycles. The Balaban J connectivity index is 1.48. The van der Waals surface area contributed by atoms with Crippen molar-refractivity contribution < 1.29 is 17.9 Å². The maximum atomic E-state index is 12.2. The molecule has 0 atom stereocenters. The van der Waals surface area contributed by atoms with Crippen molar-refractivity contribution in [1.82, 2.24) is 19.8 Å². The molecule has 3 rings (SSSR count). The van der Waals surface area contributed by atoms with Crippen LogP contribution in [-0.4, -0.2) is 56.1 Å². The number of rotatable bonds is 8. The van der Waals surface area contributed by atoms with Gasteiger partial charge in [0.2, 0.25) is 15.9 Å². The minimum Gasteiger partial charge on any atom is -0.475 e. The monoisotopic (exact) mass is 440 g/mol. The van der Waals surface area contributed by atoms with E-state index in [4.69, 9.17) is 4.74 Å². The molecule has 0 bridgehead atoms. The summed E-state index contributed by atoms with van der Waals surface area (Å²) in [5.41, 5.74) is 3.26. The summed E-state index contributed by atoms with van der Waals surface area (Å²) in [4.78, 5) is 12.4. The highest BCUT2D eigenvalue weighted by Gasteiger charge is 2.17. The van der Waals surface area contributed by atoms with Crippen molar-refractivity contribution in [2.45, 2.75) is 11.8 Å². The van der Waals surface area contributed by atoms with Gasteiger partial charge in [0, 0.05) is 31.3 Å². The number of amides is 1. The molecule has 0 spiro atoms. The van der Waals surface area contributed by atoms with Crippen LogP contribution in [0.5, 0.6) is 5.88 Å². The van der Waals surface area contributed by atoms with Gasteiger partial charge in [0.1, 0.15) is 6.61 Å². The highest BCUT2D eigenvalue weighted by molar-refractivity contribution is 7.89. The summed E-state index contributed by atoms with van der Waals surface area (Å²) in [7, 11) is -0.616. The van der Waals surface area contributed by atoms with E-state index in [0.29, 0.717) is 11.4 Å². The molecule has 0 saturated heterocycles. The van der Waals surface area contributed by atoms with Crippen LogP contribution >= 0.6 is 0 Å². The van der Waals surface area contributed by atoms with Gasteiger partial charge in [0.25, 0.3) is 5.91 Å². The third kappa shape index (κ3) is 5.65. The van der Waals surface area contributed by atoms with Gasteiger partial charge >= 0.3 is 0 Å². The molecule has 0 saturated carbocycles. The van der Waals surface area contributed by atoms with E-state index in [2.05, 4.69) is 15.5 Å². The number of nitrogens with zero attached hydrogens (tertiary/aromatic N) is 3.